The number of rotatable bonds is 2. The Kier molecular flexibility index (Phi) is 4.65. The summed E-state index contributed by atoms with van der Waals surface area (Å²) in [7, 11) is 0. The second kappa shape index (κ2) is 6.71. The molecule has 1 aromatic heterocycles. The molecule has 1 aliphatic heterocycles. The van der Waals surface area contributed by atoms with E-state index >= 15 is 0 Å². The molecule has 24 heavy (non-hydrogen) atoms. The molecular formula is C19H16IrN4-2. The summed E-state index contributed by atoms with van der Waals surface area (Å²) in [5.41, 5.74) is 4.48. The third-order valence-electron chi connectivity index (χ3n) is 3.78. The van der Waals surface area contributed by atoms with Crippen LogP contribution in [0.5, 0.6) is 0 Å². The Morgan fingerprint density at radius 3 is 2.21 bits per heavy atom. The maximum absolute atomic E-state index is 4.53. The van der Waals surface area contributed by atoms with Crippen LogP contribution in [0.1, 0.15) is 11.1 Å². The van der Waals surface area contributed by atoms with Crippen molar-refractivity contribution >= 4 is 23.0 Å². The third-order valence-corrected chi connectivity index (χ3v) is 3.78. The molecular weight excluding hydrogens is 476 g/mol. The van der Waals surface area contributed by atoms with E-state index in [9.17, 15) is 0 Å². The summed E-state index contributed by atoms with van der Waals surface area (Å²) in [5, 5.41) is 0. The first kappa shape index (κ1) is 16.6. The number of para-hydroxylation sites is 1. The van der Waals surface area contributed by atoms with Crippen LogP contribution in [0.2, 0.25) is 0 Å². The van der Waals surface area contributed by atoms with Crippen molar-refractivity contribution in [2.75, 3.05) is 9.80 Å². The van der Waals surface area contributed by atoms with Gasteiger partial charge >= 0.3 is 0 Å². The van der Waals surface area contributed by atoms with Crippen molar-refractivity contribution in [1.29, 1.82) is 0 Å². The van der Waals surface area contributed by atoms with Gasteiger partial charge in [0, 0.05) is 38.2 Å². The van der Waals surface area contributed by atoms with Gasteiger partial charge in [-0.25, -0.2) is 9.97 Å². The predicted octanol–water partition coefficient (Wildman–Crippen LogP) is 4.30. The van der Waals surface area contributed by atoms with E-state index in [1.165, 1.54) is 11.1 Å². The van der Waals surface area contributed by atoms with E-state index in [1.807, 2.05) is 35.8 Å². The van der Waals surface area contributed by atoms with Crippen LogP contribution in [0.25, 0.3) is 0 Å². The Labute approximate surface area is 155 Å². The van der Waals surface area contributed by atoms with Crippen LogP contribution in [0.3, 0.4) is 0 Å². The minimum absolute atomic E-state index is 0. The fourth-order valence-electron chi connectivity index (χ4n) is 2.88. The normalized spacial score (nSPS) is 12.8. The van der Waals surface area contributed by atoms with Crippen LogP contribution in [0, 0.1) is 26.6 Å². The maximum Gasteiger partial charge on any atom is 0.145 e. The van der Waals surface area contributed by atoms with Crippen LogP contribution in [-0.2, 0) is 20.1 Å². The zero-order chi connectivity index (χ0) is 15.8. The van der Waals surface area contributed by atoms with Crippen LogP contribution < -0.4 is 9.80 Å². The van der Waals surface area contributed by atoms with E-state index < -0.39 is 0 Å². The molecule has 2 aromatic carbocycles. The standard InChI is InChI=1S/C19H16N4.Ir/c1-14-10-15(2)12-17(11-14)23-13-22(16-6-4-3-5-7-16)18-19(23)21-9-8-20-18;/h3-6,8-13H,1-2H3;/q-2;. The molecule has 3 aromatic rings. The first-order chi connectivity index (χ1) is 11.2. The van der Waals surface area contributed by atoms with Crippen molar-refractivity contribution in [2.45, 2.75) is 13.8 Å². The van der Waals surface area contributed by atoms with Gasteiger partial charge in [-0.2, -0.15) is 30.3 Å². The zero-order valence-corrected chi connectivity index (χ0v) is 15.8. The fraction of sp³-hybridized carbons (Fsp3) is 0.105. The SMILES string of the molecule is Cc1cc(C)cc(N2[CH-]N(c3[c-]cccc3)c3nccnc32)c1.[Ir]. The Morgan fingerprint density at radius 2 is 1.58 bits per heavy atom. The summed E-state index contributed by atoms with van der Waals surface area (Å²) < 4.78 is 0. The average molecular weight is 493 g/mol. The molecule has 0 saturated carbocycles. The minimum atomic E-state index is 0. The summed E-state index contributed by atoms with van der Waals surface area (Å²) in [6.45, 7) is 6.23. The molecule has 1 aliphatic rings. The molecule has 0 atom stereocenters. The van der Waals surface area contributed by atoms with Crippen molar-refractivity contribution in [2.24, 2.45) is 0 Å². The Hall–Kier alpha value is -2.23. The third kappa shape index (κ3) is 2.93. The quantitative estimate of drug-likeness (QED) is 0.500. The molecule has 4 nitrogen and oxygen atoms in total. The van der Waals surface area contributed by atoms with Gasteiger partial charge in [0.05, 0.1) is 0 Å². The number of anilines is 4. The second-order valence-electron chi connectivity index (χ2n) is 5.65. The largest absolute Gasteiger partial charge is 0.477 e. The van der Waals surface area contributed by atoms with E-state index in [4.69, 9.17) is 0 Å². The molecule has 123 valence electrons. The van der Waals surface area contributed by atoms with E-state index in [-0.39, 0.29) is 20.1 Å². The monoisotopic (exact) mass is 493 g/mol. The van der Waals surface area contributed by atoms with E-state index in [1.54, 1.807) is 12.4 Å². The summed E-state index contributed by atoms with van der Waals surface area (Å²) in [6, 6.07) is 17.6. The van der Waals surface area contributed by atoms with Gasteiger partial charge in [0.2, 0.25) is 0 Å². The molecule has 1 radical (unpaired) electrons. The molecule has 0 bridgehead atoms. The van der Waals surface area contributed by atoms with Crippen LogP contribution in [0.15, 0.2) is 54.9 Å². The average Bonchev–Trinajstić information content (AvgIpc) is 2.94. The number of fused-ring (bicyclic) bond motifs is 1. The van der Waals surface area contributed by atoms with Gasteiger partial charge in [-0.05, 0) is 37.1 Å². The Balaban J connectivity index is 0.00000169. The summed E-state index contributed by atoms with van der Waals surface area (Å²) in [5.74, 6) is 1.64. The van der Waals surface area contributed by atoms with Gasteiger partial charge in [0.25, 0.3) is 0 Å². The molecule has 0 spiro atoms. The summed E-state index contributed by atoms with van der Waals surface area (Å²) >= 11 is 0. The molecule has 0 amide bonds. The van der Waals surface area contributed by atoms with Crippen molar-refractivity contribution in [1.82, 2.24) is 9.97 Å². The van der Waals surface area contributed by atoms with Crippen molar-refractivity contribution in [3.63, 3.8) is 0 Å². The smallest absolute Gasteiger partial charge is 0.145 e. The van der Waals surface area contributed by atoms with Crippen LogP contribution in [-0.4, -0.2) is 9.97 Å². The molecule has 0 saturated heterocycles. The van der Waals surface area contributed by atoms with Crippen molar-refractivity contribution in [3.05, 3.63) is 78.7 Å². The number of benzene rings is 2. The van der Waals surface area contributed by atoms with E-state index in [0.29, 0.717) is 0 Å². The van der Waals surface area contributed by atoms with Gasteiger partial charge in [-0.3, -0.25) is 0 Å². The van der Waals surface area contributed by atoms with E-state index in [0.717, 1.165) is 23.0 Å². The summed E-state index contributed by atoms with van der Waals surface area (Å²) in [4.78, 5) is 13.1. The maximum atomic E-state index is 4.53. The number of aromatic nitrogens is 2. The Morgan fingerprint density at radius 1 is 0.917 bits per heavy atom. The summed E-state index contributed by atoms with van der Waals surface area (Å²) in [6.07, 6.45) is 3.44. The van der Waals surface area contributed by atoms with Gasteiger partial charge in [-0.1, -0.05) is 6.07 Å². The van der Waals surface area contributed by atoms with Gasteiger partial charge in [0.15, 0.2) is 0 Å². The molecule has 0 aliphatic carbocycles. The number of nitrogens with zero attached hydrogens (tertiary/aromatic N) is 4. The molecule has 0 unspecified atom stereocenters. The molecule has 2 heterocycles. The number of hydrogen-bond donors (Lipinski definition) is 0. The minimum Gasteiger partial charge on any atom is -0.477 e. The first-order valence-corrected chi connectivity index (χ1v) is 7.52. The molecule has 0 fully saturated rings. The van der Waals surface area contributed by atoms with Crippen molar-refractivity contribution in [3.8, 4) is 0 Å². The van der Waals surface area contributed by atoms with Crippen molar-refractivity contribution < 1.29 is 20.1 Å². The van der Waals surface area contributed by atoms with Gasteiger partial charge in [0.1, 0.15) is 11.6 Å². The zero-order valence-electron chi connectivity index (χ0n) is 13.4. The fourth-order valence-corrected chi connectivity index (χ4v) is 2.88. The molecule has 5 heteroatoms. The first-order valence-electron chi connectivity index (χ1n) is 7.52. The van der Waals surface area contributed by atoms with Gasteiger partial charge in [-0.15, -0.1) is 12.4 Å². The Bertz CT molecular complexity index is 831. The van der Waals surface area contributed by atoms with Crippen LogP contribution in [0.4, 0.5) is 23.0 Å². The second-order valence-corrected chi connectivity index (χ2v) is 5.65. The number of aryl methyl sites for hydroxylation is 2. The number of hydrogen-bond acceptors (Lipinski definition) is 4. The topological polar surface area (TPSA) is 32.3 Å². The van der Waals surface area contributed by atoms with Gasteiger partial charge < -0.3 is 9.80 Å². The van der Waals surface area contributed by atoms with Crippen LogP contribution >= 0.6 is 0 Å². The molecule has 4 rings (SSSR count). The molecule has 0 N–H and O–H groups in total. The van der Waals surface area contributed by atoms with E-state index in [2.05, 4.69) is 53.0 Å². The predicted molar refractivity (Wildman–Crippen MR) is 91.8 cm³/mol.